The van der Waals surface area contributed by atoms with E-state index < -0.39 is 6.10 Å². The van der Waals surface area contributed by atoms with Crippen LogP contribution in [-0.4, -0.2) is 59.1 Å². The highest BCUT2D eigenvalue weighted by molar-refractivity contribution is 5.85. The number of halogens is 2. The number of aliphatic hydroxyl groups excluding tert-OH is 1. The molecule has 1 aliphatic heterocycles. The molecule has 1 saturated carbocycles. The second-order valence-electron chi connectivity index (χ2n) is 8.33. The molecule has 2 aromatic carbocycles. The molecule has 0 bridgehead atoms. The molecule has 1 aliphatic carbocycles. The standard InChI is InChI=1S/C24H31N3O2.2ClH/c25-21-12-11-20(17-22(21)28)24(29)27-15-13-26(14-16-27)23(18-7-3-1-4-8-18)19-9-5-2-6-10-19;;/h1-10,20-23,28H,11-17,25H2;2*1H/t20-,21-,22-;;/m0../s1. The summed E-state index contributed by atoms with van der Waals surface area (Å²) in [7, 11) is 0. The zero-order chi connectivity index (χ0) is 20.2. The van der Waals surface area contributed by atoms with E-state index in [1.165, 1.54) is 11.1 Å². The molecule has 2 fully saturated rings. The van der Waals surface area contributed by atoms with Gasteiger partial charge in [-0.25, -0.2) is 0 Å². The monoisotopic (exact) mass is 465 g/mol. The first kappa shape index (κ1) is 25.6. The Bertz CT molecular complexity index is 761. The van der Waals surface area contributed by atoms with E-state index in [-0.39, 0.29) is 48.7 Å². The lowest BCUT2D eigenvalue weighted by atomic mass is 9.83. The Labute approximate surface area is 197 Å². The Morgan fingerprint density at radius 3 is 1.87 bits per heavy atom. The molecule has 3 atom stereocenters. The van der Waals surface area contributed by atoms with Gasteiger partial charge < -0.3 is 15.7 Å². The third-order valence-electron chi connectivity index (χ3n) is 6.44. The minimum Gasteiger partial charge on any atom is -0.391 e. The summed E-state index contributed by atoms with van der Waals surface area (Å²) in [6.45, 7) is 3.14. The summed E-state index contributed by atoms with van der Waals surface area (Å²) in [6.07, 6.45) is 1.45. The SMILES string of the molecule is Cl.Cl.N[C@H]1CC[C@H](C(=O)N2CCN(C(c3ccccc3)c3ccccc3)CC2)C[C@@H]1O. The van der Waals surface area contributed by atoms with Gasteiger partial charge in [-0.3, -0.25) is 9.69 Å². The molecule has 1 saturated heterocycles. The number of rotatable bonds is 4. The van der Waals surface area contributed by atoms with E-state index in [1.807, 2.05) is 17.0 Å². The van der Waals surface area contributed by atoms with Crippen LogP contribution in [0.25, 0.3) is 0 Å². The Kier molecular flexibility index (Phi) is 9.79. The molecule has 1 amide bonds. The fourth-order valence-electron chi connectivity index (χ4n) is 4.74. The van der Waals surface area contributed by atoms with Crippen LogP contribution in [0.3, 0.4) is 0 Å². The molecular weight excluding hydrogens is 433 g/mol. The number of amides is 1. The van der Waals surface area contributed by atoms with Gasteiger partial charge in [0.05, 0.1) is 12.1 Å². The van der Waals surface area contributed by atoms with Crippen molar-refractivity contribution in [1.82, 2.24) is 9.80 Å². The van der Waals surface area contributed by atoms with Gasteiger partial charge in [0.2, 0.25) is 5.91 Å². The largest absolute Gasteiger partial charge is 0.391 e. The average molecular weight is 466 g/mol. The fourth-order valence-corrected chi connectivity index (χ4v) is 4.74. The molecule has 3 N–H and O–H groups in total. The third-order valence-corrected chi connectivity index (χ3v) is 6.44. The Balaban J connectivity index is 0.00000171. The zero-order valence-electron chi connectivity index (χ0n) is 17.7. The number of carbonyl (C=O) groups excluding carboxylic acids is 1. The quantitative estimate of drug-likeness (QED) is 0.726. The van der Waals surface area contributed by atoms with Gasteiger partial charge in [0.1, 0.15) is 0 Å². The summed E-state index contributed by atoms with van der Waals surface area (Å²) >= 11 is 0. The maximum absolute atomic E-state index is 13.0. The fraction of sp³-hybridized carbons (Fsp3) is 0.458. The van der Waals surface area contributed by atoms with Gasteiger partial charge in [-0.2, -0.15) is 0 Å². The van der Waals surface area contributed by atoms with Gasteiger partial charge in [0.25, 0.3) is 0 Å². The van der Waals surface area contributed by atoms with Crippen molar-refractivity contribution in [1.29, 1.82) is 0 Å². The van der Waals surface area contributed by atoms with Crippen LogP contribution >= 0.6 is 24.8 Å². The summed E-state index contributed by atoms with van der Waals surface area (Å²) < 4.78 is 0. The molecule has 0 aromatic heterocycles. The smallest absolute Gasteiger partial charge is 0.225 e. The van der Waals surface area contributed by atoms with E-state index >= 15 is 0 Å². The van der Waals surface area contributed by atoms with Crippen LogP contribution in [0.15, 0.2) is 60.7 Å². The van der Waals surface area contributed by atoms with Crippen LogP contribution in [0.4, 0.5) is 0 Å². The van der Waals surface area contributed by atoms with E-state index in [4.69, 9.17) is 5.73 Å². The van der Waals surface area contributed by atoms with Crippen LogP contribution < -0.4 is 5.73 Å². The Morgan fingerprint density at radius 1 is 0.871 bits per heavy atom. The Hall–Kier alpha value is -1.63. The second-order valence-corrected chi connectivity index (χ2v) is 8.33. The first-order chi connectivity index (χ1) is 14.1. The van der Waals surface area contributed by atoms with Crippen molar-refractivity contribution in [3.8, 4) is 0 Å². The maximum atomic E-state index is 13.0. The van der Waals surface area contributed by atoms with Crippen molar-refractivity contribution in [2.24, 2.45) is 11.7 Å². The van der Waals surface area contributed by atoms with Crippen molar-refractivity contribution in [2.75, 3.05) is 26.2 Å². The Morgan fingerprint density at radius 2 is 1.39 bits per heavy atom. The van der Waals surface area contributed by atoms with E-state index in [0.717, 1.165) is 39.0 Å². The normalized spacial score (nSPS) is 24.2. The molecule has 2 aliphatic rings. The van der Waals surface area contributed by atoms with Crippen molar-refractivity contribution >= 4 is 30.7 Å². The lowest BCUT2D eigenvalue weighted by Crippen LogP contribution is -2.53. The van der Waals surface area contributed by atoms with Gasteiger partial charge in [-0.05, 0) is 30.4 Å². The van der Waals surface area contributed by atoms with Crippen molar-refractivity contribution < 1.29 is 9.90 Å². The summed E-state index contributed by atoms with van der Waals surface area (Å²) in [6, 6.07) is 21.2. The maximum Gasteiger partial charge on any atom is 0.225 e. The highest BCUT2D eigenvalue weighted by atomic mass is 35.5. The number of aliphatic hydroxyl groups is 1. The summed E-state index contributed by atoms with van der Waals surface area (Å²) in [5.74, 6) is 0.0990. The highest BCUT2D eigenvalue weighted by Crippen LogP contribution is 2.31. The number of hydrogen-bond donors (Lipinski definition) is 2. The minimum atomic E-state index is -0.556. The molecule has 0 spiro atoms. The zero-order valence-corrected chi connectivity index (χ0v) is 19.3. The molecule has 2 aromatic rings. The topological polar surface area (TPSA) is 69.8 Å². The van der Waals surface area contributed by atoms with Gasteiger partial charge in [-0.15, -0.1) is 24.8 Å². The molecule has 31 heavy (non-hydrogen) atoms. The highest BCUT2D eigenvalue weighted by Gasteiger charge is 2.35. The van der Waals surface area contributed by atoms with Gasteiger partial charge >= 0.3 is 0 Å². The van der Waals surface area contributed by atoms with E-state index in [9.17, 15) is 9.90 Å². The molecule has 5 nitrogen and oxygen atoms in total. The third kappa shape index (κ3) is 5.99. The van der Waals surface area contributed by atoms with Gasteiger partial charge in [0.15, 0.2) is 0 Å². The summed E-state index contributed by atoms with van der Waals surface area (Å²) in [4.78, 5) is 17.4. The second kappa shape index (κ2) is 11.8. The first-order valence-corrected chi connectivity index (χ1v) is 10.7. The molecule has 0 radical (unpaired) electrons. The van der Waals surface area contributed by atoms with Crippen molar-refractivity contribution in [2.45, 2.75) is 37.5 Å². The molecule has 7 heteroatoms. The number of carbonyl (C=O) groups is 1. The summed E-state index contributed by atoms with van der Waals surface area (Å²) in [5, 5.41) is 10.1. The first-order valence-electron chi connectivity index (χ1n) is 10.7. The van der Waals surface area contributed by atoms with Crippen LogP contribution in [-0.2, 0) is 4.79 Å². The van der Waals surface area contributed by atoms with Crippen LogP contribution in [0.1, 0.15) is 36.4 Å². The molecular formula is C24H33Cl2N3O2. The van der Waals surface area contributed by atoms with E-state index in [1.54, 1.807) is 0 Å². The van der Waals surface area contributed by atoms with E-state index in [2.05, 4.69) is 53.4 Å². The average Bonchev–Trinajstić information content (AvgIpc) is 2.77. The molecule has 4 rings (SSSR count). The molecule has 170 valence electrons. The number of benzene rings is 2. The van der Waals surface area contributed by atoms with Gasteiger partial charge in [-0.1, -0.05) is 60.7 Å². The van der Waals surface area contributed by atoms with Crippen LogP contribution in [0.5, 0.6) is 0 Å². The predicted molar refractivity (Wildman–Crippen MR) is 129 cm³/mol. The lowest BCUT2D eigenvalue weighted by molar-refractivity contribution is -0.140. The number of nitrogens with zero attached hydrogens (tertiary/aromatic N) is 2. The number of nitrogens with two attached hydrogens (primary N) is 1. The predicted octanol–water partition coefficient (Wildman–Crippen LogP) is 3.25. The van der Waals surface area contributed by atoms with Crippen LogP contribution in [0, 0.1) is 5.92 Å². The van der Waals surface area contributed by atoms with Crippen LogP contribution in [0.2, 0.25) is 0 Å². The van der Waals surface area contributed by atoms with Crippen molar-refractivity contribution in [3.63, 3.8) is 0 Å². The minimum absolute atomic E-state index is 0. The number of hydrogen-bond acceptors (Lipinski definition) is 4. The number of piperazine rings is 1. The summed E-state index contributed by atoms with van der Waals surface area (Å²) in [5.41, 5.74) is 8.46. The lowest BCUT2D eigenvalue weighted by Gasteiger charge is -2.41. The van der Waals surface area contributed by atoms with Crippen molar-refractivity contribution in [3.05, 3.63) is 71.8 Å². The van der Waals surface area contributed by atoms with Gasteiger partial charge in [0, 0.05) is 38.1 Å². The molecule has 1 heterocycles. The molecule has 0 unspecified atom stereocenters. The van der Waals surface area contributed by atoms with E-state index in [0.29, 0.717) is 6.42 Å².